The van der Waals surface area contributed by atoms with Crippen molar-refractivity contribution in [3.05, 3.63) is 51.6 Å². The highest BCUT2D eigenvalue weighted by atomic mass is 127. The van der Waals surface area contributed by atoms with Crippen molar-refractivity contribution in [2.75, 3.05) is 6.61 Å². The van der Waals surface area contributed by atoms with Crippen molar-refractivity contribution in [3.8, 4) is 0 Å². The first-order valence-corrected chi connectivity index (χ1v) is 10.0. The van der Waals surface area contributed by atoms with E-state index in [-0.39, 0.29) is 12.7 Å². The van der Waals surface area contributed by atoms with E-state index >= 15 is 0 Å². The molecule has 0 bridgehead atoms. The summed E-state index contributed by atoms with van der Waals surface area (Å²) in [7, 11) is 0. The highest BCUT2D eigenvalue weighted by Crippen LogP contribution is 2.40. The standard InChI is InChI=1S/C21H22INO4/c1-4-26-20(24)18-12-17(22)19(23(18)21(25)27-13(2)3)16-10-9-14-7-5-6-8-15(14)11-16/h5-11,13,18H,4,12H2,1-3H3/t18-/m0/s1. The molecular formula is C21H22INO4. The van der Waals surface area contributed by atoms with Crippen LogP contribution in [-0.4, -0.2) is 35.7 Å². The maximum absolute atomic E-state index is 12.8. The van der Waals surface area contributed by atoms with Gasteiger partial charge in [-0.25, -0.2) is 9.59 Å². The first kappa shape index (κ1) is 19.7. The highest BCUT2D eigenvalue weighted by Gasteiger charge is 2.42. The third-order valence-corrected chi connectivity index (χ3v) is 5.25. The van der Waals surface area contributed by atoms with Crippen LogP contribution in [0.25, 0.3) is 16.5 Å². The Balaban J connectivity index is 2.04. The summed E-state index contributed by atoms with van der Waals surface area (Å²) in [6, 6.07) is 13.4. The number of fused-ring (bicyclic) bond motifs is 1. The molecule has 0 aromatic heterocycles. The predicted octanol–water partition coefficient (Wildman–Crippen LogP) is 5.13. The van der Waals surface area contributed by atoms with E-state index in [2.05, 4.69) is 22.6 Å². The molecule has 1 amide bonds. The molecule has 3 rings (SSSR count). The van der Waals surface area contributed by atoms with Crippen molar-refractivity contribution in [1.29, 1.82) is 0 Å². The highest BCUT2D eigenvalue weighted by molar-refractivity contribution is 14.1. The van der Waals surface area contributed by atoms with Gasteiger partial charge in [-0.15, -0.1) is 0 Å². The molecule has 0 unspecified atom stereocenters. The smallest absolute Gasteiger partial charge is 0.415 e. The molecule has 5 nitrogen and oxygen atoms in total. The summed E-state index contributed by atoms with van der Waals surface area (Å²) in [6.07, 6.45) is -0.385. The monoisotopic (exact) mass is 479 g/mol. The molecule has 27 heavy (non-hydrogen) atoms. The van der Waals surface area contributed by atoms with Crippen LogP contribution in [0.5, 0.6) is 0 Å². The van der Waals surface area contributed by atoms with E-state index in [1.165, 1.54) is 4.90 Å². The van der Waals surface area contributed by atoms with Gasteiger partial charge in [0.2, 0.25) is 0 Å². The molecule has 0 saturated carbocycles. The molecule has 0 aliphatic carbocycles. The van der Waals surface area contributed by atoms with Crippen molar-refractivity contribution in [2.45, 2.75) is 39.3 Å². The Labute approximate surface area is 172 Å². The van der Waals surface area contributed by atoms with Crippen LogP contribution in [0, 0.1) is 0 Å². The first-order chi connectivity index (χ1) is 12.9. The Kier molecular flexibility index (Phi) is 6.04. The van der Waals surface area contributed by atoms with Crippen LogP contribution >= 0.6 is 22.6 Å². The van der Waals surface area contributed by atoms with Crippen LogP contribution in [0.3, 0.4) is 0 Å². The average molecular weight is 479 g/mol. The average Bonchev–Trinajstić information content (AvgIpc) is 2.98. The van der Waals surface area contributed by atoms with E-state index in [0.29, 0.717) is 12.1 Å². The van der Waals surface area contributed by atoms with Crippen molar-refractivity contribution >= 4 is 51.1 Å². The predicted molar refractivity (Wildman–Crippen MR) is 113 cm³/mol. The quantitative estimate of drug-likeness (QED) is 0.451. The summed E-state index contributed by atoms with van der Waals surface area (Å²) >= 11 is 2.20. The summed E-state index contributed by atoms with van der Waals surface area (Å²) in [5.74, 6) is -0.414. The summed E-state index contributed by atoms with van der Waals surface area (Å²) in [6.45, 7) is 5.60. The topological polar surface area (TPSA) is 55.8 Å². The number of nitrogens with zero attached hydrogens (tertiary/aromatic N) is 1. The molecule has 1 atom stereocenters. The lowest BCUT2D eigenvalue weighted by atomic mass is 10.0. The van der Waals surface area contributed by atoms with Gasteiger partial charge in [0.1, 0.15) is 6.04 Å². The summed E-state index contributed by atoms with van der Waals surface area (Å²) in [5.41, 5.74) is 1.59. The van der Waals surface area contributed by atoms with Crippen LogP contribution in [0.2, 0.25) is 0 Å². The van der Waals surface area contributed by atoms with Gasteiger partial charge in [0, 0.05) is 10.0 Å². The molecule has 2 aromatic carbocycles. The van der Waals surface area contributed by atoms with Gasteiger partial charge in [-0.2, -0.15) is 0 Å². The molecule has 0 spiro atoms. The van der Waals surface area contributed by atoms with Crippen molar-refractivity contribution in [1.82, 2.24) is 4.90 Å². The van der Waals surface area contributed by atoms with E-state index < -0.39 is 18.1 Å². The first-order valence-electron chi connectivity index (χ1n) is 8.96. The van der Waals surface area contributed by atoms with Crippen LogP contribution in [0.1, 0.15) is 32.8 Å². The lowest BCUT2D eigenvalue weighted by molar-refractivity contribution is -0.147. The van der Waals surface area contributed by atoms with E-state index in [1.54, 1.807) is 20.8 Å². The van der Waals surface area contributed by atoms with Gasteiger partial charge in [-0.3, -0.25) is 4.90 Å². The Morgan fingerprint density at radius 1 is 1.19 bits per heavy atom. The number of ether oxygens (including phenoxy) is 2. The molecule has 1 heterocycles. The zero-order valence-electron chi connectivity index (χ0n) is 15.6. The SMILES string of the molecule is CCOC(=O)[C@@H]1CC(I)=C(c2ccc3ccccc3c2)N1C(=O)OC(C)C. The number of hydrogen-bond acceptors (Lipinski definition) is 4. The zero-order valence-corrected chi connectivity index (χ0v) is 17.7. The fourth-order valence-electron chi connectivity index (χ4n) is 3.18. The molecule has 0 saturated heterocycles. The molecule has 2 aromatic rings. The molecular weight excluding hydrogens is 457 g/mol. The molecule has 6 heteroatoms. The maximum atomic E-state index is 12.8. The minimum absolute atomic E-state index is 0.268. The molecule has 1 aliphatic rings. The number of carbonyl (C=O) groups excluding carboxylic acids is 2. The van der Waals surface area contributed by atoms with Crippen LogP contribution in [-0.2, 0) is 14.3 Å². The van der Waals surface area contributed by atoms with Gasteiger partial charge in [-0.1, -0.05) is 36.4 Å². The molecule has 0 N–H and O–H groups in total. The van der Waals surface area contributed by atoms with E-state index in [0.717, 1.165) is 19.9 Å². The van der Waals surface area contributed by atoms with Crippen molar-refractivity contribution in [3.63, 3.8) is 0 Å². The number of esters is 1. The van der Waals surface area contributed by atoms with E-state index in [1.807, 2.05) is 42.5 Å². The van der Waals surface area contributed by atoms with Gasteiger partial charge >= 0.3 is 12.1 Å². The van der Waals surface area contributed by atoms with Gasteiger partial charge in [-0.05, 0) is 65.8 Å². The van der Waals surface area contributed by atoms with Crippen molar-refractivity contribution in [2.24, 2.45) is 0 Å². The van der Waals surface area contributed by atoms with Gasteiger partial charge in [0.05, 0.1) is 18.4 Å². The number of halogens is 1. The molecule has 1 aliphatic heterocycles. The zero-order chi connectivity index (χ0) is 19.6. The second-order valence-electron chi connectivity index (χ2n) is 6.59. The number of amides is 1. The second-order valence-corrected chi connectivity index (χ2v) is 7.89. The Morgan fingerprint density at radius 3 is 2.56 bits per heavy atom. The minimum Gasteiger partial charge on any atom is -0.464 e. The largest absolute Gasteiger partial charge is 0.464 e. The Morgan fingerprint density at radius 2 is 1.89 bits per heavy atom. The molecule has 142 valence electrons. The number of hydrogen-bond donors (Lipinski definition) is 0. The maximum Gasteiger partial charge on any atom is 0.415 e. The fourth-order valence-corrected chi connectivity index (χ4v) is 4.17. The van der Waals surface area contributed by atoms with Crippen LogP contribution in [0.4, 0.5) is 4.79 Å². The number of benzene rings is 2. The number of carbonyl (C=O) groups is 2. The van der Waals surface area contributed by atoms with E-state index in [9.17, 15) is 9.59 Å². The lowest BCUT2D eigenvalue weighted by Crippen LogP contribution is -2.42. The minimum atomic E-state index is -0.704. The van der Waals surface area contributed by atoms with Crippen LogP contribution < -0.4 is 0 Å². The molecule has 0 fully saturated rings. The normalized spacial score (nSPS) is 16.9. The third kappa shape index (κ3) is 4.10. The Hall–Kier alpha value is -2.09. The lowest BCUT2D eigenvalue weighted by Gasteiger charge is -2.27. The van der Waals surface area contributed by atoms with Crippen molar-refractivity contribution < 1.29 is 19.1 Å². The van der Waals surface area contributed by atoms with Gasteiger partial charge in [0.25, 0.3) is 0 Å². The van der Waals surface area contributed by atoms with E-state index in [4.69, 9.17) is 9.47 Å². The summed E-state index contributed by atoms with van der Waals surface area (Å²) in [4.78, 5) is 26.8. The third-order valence-electron chi connectivity index (χ3n) is 4.30. The molecule has 0 radical (unpaired) electrons. The van der Waals surface area contributed by atoms with Gasteiger partial charge in [0.15, 0.2) is 0 Å². The number of rotatable bonds is 4. The Bertz CT molecular complexity index is 906. The second kappa shape index (κ2) is 8.29. The van der Waals surface area contributed by atoms with Crippen LogP contribution in [0.15, 0.2) is 46.0 Å². The summed E-state index contributed by atoms with van der Waals surface area (Å²) in [5, 5.41) is 2.19. The summed E-state index contributed by atoms with van der Waals surface area (Å²) < 4.78 is 11.5. The fraction of sp³-hybridized carbons (Fsp3) is 0.333. The van der Waals surface area contributed by atoms with Gasteiger partial charge < -0.3 is 9.47 Å².